The number of aromatic nitrogens is 1. The molecular formula is C16H18N2OS2. The molecule has 5 heteroatoms. The second-order valence-electron chi connectivity index (χ2n) is 6.07. The van der Waals surface area contributed by atoms with Gasteiger partial charge in [0.25, 0.3) is 5.91 Å². The van der Waals surface area contributed by atoms with Gasteiger partial charge in [-0.25, -0.2) is 4.98 Å². The van der Waals surface area contributed by atoms with Crippen LogP contribution in [0.2, 0.25) is 0 Å². The number of rotatable bonds is 5. The van der Waals surface area contributed by atoms with Crippen molar-refractivity contribution in [3.05, 3.63) is 27.9 Å². The molecule has 2 heterocycles. The Morgan fingerprint density at radius 3 is 2.76 bits per heavy atom. The first-order valence-electron chi connectivity index (χ1n) is 7.55. The molecule has 4 rings (SSSR count). The van der Waals surface area contributed by atoms with Crippen LogP contribution in [0.25, 0.3) is 10.6 Å². The van der Waals surface area contributed by atoms with E-state index in [9.17, 15) is 4.79 Å². The van der Waals surface area contributed by atoms with E-state index in [0.717, 1.165) is 23.4 Å². The van der Waals surface area contributed by atoms with Crippen LogP contribution in [0.1, 0.15) is 43.1 Å². The minimum Gasteiger partial charge on any atom is -0.331 e. The SMILES string of the molecule is C[C@@H](C1CC1)N(C(=O)c1csc(-c2ccsc2)n1)C1CC1. The number of thiophene rings is 1. The monoisotopic (exact) mass is 318 g/mol. The van der Waals surface area contributed by atoms with Crippen LogP contribution in [0, 0.1) is 5.92 Å². The van der Waals surface area contributed by atoms with Gasteiger partial charge in [-0.3, -0.25) is 4.79 Å². The van der Waals surface area contributed by atoms with Gasteiger partial charge in [0.15, 0.2) is 0 Å². The van der Waals surface area contributed by atoms with Gasteiger partial charge in [-0.2, -0.15) is 11.3 Å². The Kier molecular flexibility index (Phi) is 3.34. The van der Waals surface area contributed by atoms with Crippen molar-refractivity contribution in [3.63, 3.8) is 0 Å². The van der Waals surface area contributed by atoms with Crippen molar-refractivity contribution in [1.29, 1.82) is 0 Å². The van der Waals surface area contributed by atoms with E-state index in [2.05, 4.69) is 28.3 Å². The van der Waals surface area contributed by atoms with Crippen molar-refractivity contribution in [3.8, 4) is 10.6 Å². The number of hydrogen-bond donors (Lipinski definition) is 0. The van der Waals surface area contributed by atoms with Crippen LogP contribution in [0.15, 0.2) is 22.2 Å². The first-order valence-corrected chi connectivity index (χ1v) is 9.37. The van der Waals surface area contributed by atoms with Crippen molar-refractivity contribution < 1.29 is 4.79 Å². The minimum atomic E-state index is 0.134. The third-order valence-electron chi connectivity index (χ3n) is 4.41. The van der Waals surface area contributed by atoms with Gasteiger partial charge in [-0.15, -0.1) is 11.3 Å². The average Bonchev–Trinajstić information content (AvgIpc) is 3.39. The lowest BCUT2D eigenvalue weighted by Gasteiger charge is -2.28. The molecule has 0 radical (unpaired) electrons. The molecule has 0 aliphatic heterocycles. The molecule has 110 valence electrons. The molecule has 1 atom stereocenters. The topological polar surface area (TPSA) is 33.2 Å². The van der Waals surface area contributed by atoms with Crippen molar-refractivity contribution in [2.75, 3.05) is 0 Å². The molecule has 0 spiro atoms. The standard InChI is InChI=1S/C16H18N2OS2/c1-10(11-2-3-11)18(13-4-5-13)16(19)14-9-21-15(17-14)12-6-7-20-8-12/h6-11,13H,2-5H2,1H3/t10-/m0/s1. The first kappa shape index (κ1) is 13.5. The summed E-state index contributed by atoms with van der Waals surface area (Å²) in [4.78, 5) is 19.6. The Hall–Kier alpha value is -1.20. The van der Waals surface area contributed by atoms with Crippen molar-refractivity contribution >= 4 is 28.6 Å². The van der Waals surface area contributed by atoms with E-state index in [1.165, 1.54) is 12.8 Å². The second kappa shape index (κ2) is 5.21. The third-order valence-corrected chi connectivity index (χ3v) is 5.98. The largest absolute Gasteiger partial charge is 0.331 e. The molecule has 0 N–H and O–H groups in total. The Bertz CT molecular complexity index is 641. The molecule has 1 amide bonds. The number of nitrogens with zero attached hydrogens (tertiary/aromatic N) is 2. The maximum atomic E-state index is 12.9. The molecule has 2 aliphatic rings. The van der Waals surface area contributed by atoms with Gasteiger partial charge in [0.1, 0.15) is 10.7 Å². The fourth-order valence-electron chi connectivity index (χ4n) is 2.86. The zero-order valence-electron chi connectivity index (χ0n) is 12.0. The molecule has 3 nitrogen and oxygen atoms in total. The highest BCUT2D eigenvalue weighted by Crippen LogP contribution is 2.40. The molecule has 0 saturated heterocycles. The van der Waals surface area contributed by atoms with Crippen molar-refractivity contribution in [1.82, 2.24) is 9.88 Å². The van der Waals surface area contributed by atoms with Crippen LogP contribution in [0.3, 0.4) is 0 Å². The maximum absolute atomic E-state index is 12.9. The van der Waals surface area contributed by atoms with Gasteiger partial charge < -0.3 is 4.90 Å². The quantitative estimate of drug-likeness (QED) is 0.824. The molecule has 2 aromatic heterocycles. The fourth-order valence-corrected chi connectivity index (χ4v) is 4.37. The summed E-state index contributed by atoms with van der Waals surface area (Å²) in [5, 5.41) is 7.00. The van der Waals surface area contributed by atoms with E-state index in [1.807, 2.05) is 10.8 Å². The van der Waals surface area contributed by atoms with E-state index in [-0.39, 0.29) is 5.91 Å². The minimum absolute atomic E-state index is 0.134. The van der Waals surface area contributed by atoms with Crippen molar-refractivity contribution in [2.45, 2.75) is 44.7 Å². The molecule has 2 fully saturated rings. The molecule has 0 bridgehead atoms. The van der Waals surface area contributed by atoms with Gasteiger partial charge in [-0.05, 0) is 50.0 Å². The highest BCUT2D eigenvalue weighted by molar-refractivity contribution is 7.14. The van der Waals surface area contributed by atoms with E-state index in [0.29, 0.717) is 23.7 Å². The van der Waals surface area contributed by atoms with Crippen molar-refractivity contribution in [2.24, 2.45) is 5.92 Å². The van der Waals surface area contributed by atoms with Crippen LogP contribution in [0.4, 0.5) is 0 Å². The van der Waals surface area contributed by atoms with E-state index in [1.54, 1.807) is 22.7 Å². The molecule has 2 aromatic rings. The van der Waals surface area contributed by atoms with E-state index in [4.69, 9.17) is 0 Å². The number of carbonyl (C=O) groups is 1. The summed E-state index contributed by atoms with van der Waals surface area (Å²) in [6.45, 7) is 2.21. The number of thiazole rings is 1. The third kappa shape index (κ3) is 2.64. The summed E-state index contributed by atoms with van der Waals surface area (Å²) < 4.78 is 0. The van der Waals surface area contributed by atoms with E-state index >= 15 is 0 Å². The Morgan fingerprint density at radius 2 is 2.14 bits per heavy atom. The summed E-state index contributed by atoms with van der Waals surface area (Å²) in [6, 6.07) is 2.89. The van der Waals surface area contributed by atoms with Gasteiger partial charge in [-0.1, -0.05) is 0 Å². The molecule has 0 aromatic carbocycles. The summed E-state index contributed by atoms with van der Waals surface area (Å²) in [5.74, 6) is 0.846. The van der Waals surface area contributed by atoms with Gasteiger partial charge in [0.2, 0.25) is 0 Å². The summed E-state index contributed by atoms with van der Waals surface area (Å²) in [5.41, 5.74) is 1.75. The average molecular weight is 318 g/mol. The summed E-state index contributed by atoms with van der Waals surface area (Å²) in [7, 11) is 0. The normalized spacial score (nSPS) is 19.5. The molecule has 21 heavy (non-hydrogen) atoms. The number of amides is 1. The van der Waals surface area contributed by atoms with Crippen LogP contribution in [0.5, 0.6) is 0 Å². The van der Waals surface area contributed by atoms with Gasteiger partial charge >= 0.3 is 0 Å². The highest BCUT2D eigenvalue weighted by Gasteiger charge is 2.42. The zero-order valence-corrected chi connectivity index (χ0v) is 13.6. The van der Waals surface area contributed by atoms with E-state index < -0.39 is 0 Å². The van der Waals surface area contributed by atoms with Crippen LogP contribution < -0.4 is 0 Å². The second-order valence-corrected chi connectivity index (χ2v) is 7.71. The molecular weight excluding hydrogens is 300 g/mol. The lowest BCUT2D eigenvalue weighted by Crippen LogP contribution is -2.41. The van der Waals surface area contributed by atoms with Crippen LogP contribution in [-0.2, 0) is 0 Å². The van der Waals surface area contributed by atoms with Gasteiger partial charge in [0, 0.05) is 28.4 Å². The van der Waals surface area contributed by atoms with Crippen LogP contribution >= 0.6 is 22.7 Å². The molecule has 0 unspecified atom stereocenters. The fraction of sp³-hybridized carbons (Fsp3) is 0.500. The van der Waals surface area contributed by atoms with Crippen LogP contribution in [-0.4, -0.2) is 27.9 Å². The highest BCUT2D eigenvalue weighted by atomic mass is 32.1. The summed E-state index contributed by atoms with van der Waals surface area (Å²) in [6.07, 6.45) is 4.86. The Labute approximate surface area is 132 Å². The predicted octanol–water partition coefficient (Wildman–Crippen LogP) is 4.27. The van der Waals surface area contributed by atoms with Gasteiger partial charge in [0.05, 0.1) is 0 Å². The lowest BCUT2D eigenvalue weighted by molar-refractivity contribution is 0.0649. The predicted molar refractivity (Wildman–Crippen MR) is 86.8 cm³/mol. The zero-order chi connectivity index (χ0) is 14.4. The number of carbonyl (C=O) groups excluding carboxylic acids is 1. The first-order chi connectivity index (χ1) is 10.2. The maximum Gasteiger partial charge on any atom is 0.273 e. The Balaban J connectivity index is 1.58. The smallest absolute Gasteiger partial charge is 0.273 e. The molecule has 2 aliphatic carbocycles. The lowest BCUT2D eigenvalue weighted by atomic mass is 10.1. The summed E-state index contributed by atoms with van der Waals surface area (Å²) >= 11 is 3.23. The molecule has 2 saturated carbocycles. The number of hydrogen-bond acceptors (Lipinski definition) is 4. The Morgan fingerprint density at radius 1 is 1.33 bits per heavy atom.